The molecule has 1 aliphatic heterocycles. The van der Waals surface area contributed by atoms with Crippen molar-refractivity contribution in [1.29, 1.82) is 0 Å². The molecular formula is C22H29N3O5. The number of imide groups is 1. The Morgan fingerprint density at radius 1 is 1.20 bits per heavy atom. The molecule has 0 unspecified atom stereocenters. The van der Waals surface area contributed by atoms with Crippen LogP contribution in [-0.4, -0.2) is 47.9 Å². The van der Waals surface area contributed by atoms with E-state index in [1.165, 1.54) is 7.11 Å². The number of hydrogen-bond acceptors (Lipinski definition) is 5. The highest BCUT2D eigenvalue weighted by atomic mass is 16.5. The molecule has 1 aromatic rings. The zero-order chi connectivity index (χ0) is 22.1. The van der Waals surface area contributed by atoms with E-state index in [4.69, 9.17) is 0 Å². The quantitative estimate of drug-likeness (QED) is 0.567. The van der Waals surface area contributed by atoms with Crippen molar-refractivity contribution in [2.24, 2.45) is 11.3 Å². The Hall–Kier alpha value is -2.90. The second-order valence-electron chi connectivity index (χ2n) is 9.22. The Bertz CT molecular complexity index is 864. The van der Waals surface area contributed by atoms with Gasteiger partial charge in [-0.05, 0) is 48.3 Å². The van der Waals surface area contributed by atoms with Crippen LogP contribution in [0.1, 0.15) is 56.0 Å². The molecule has 0 aromatic heterocycles. The molecule has 1 saturated carbocycles. The van der Waals surface area contributed by atoms with Crippen LogP contribution in [0, 0.1) is 11.3 Å². The van der Waals surface area contributed by atoms with Gasteiger partial charge in [0.2, 0.25) is 5.91 Å². The molecule has 1 aliphatic carbocycles. The van der Waals surface area contributed by atoms with Gasteiger partial charge < -0.3 is 15.4 Å². The third kappa shape index (κ3) is 4.47. The van der Waals surface area contributed by atoms with E-state index in [2.05, 4.69) is 36.1 Å². The van der Waals surface area contributed by atoms with Gasteiger partial charge in [-0.15, -0.1) is 0 Å². The standard InChI is InChI=1S/C22H29N3O5/c1-14-9-21(2,3)13-22(10-14)19(28)25(20(29)24-22)12-17(26)23-11-15-5-7-16(8-6-15)18(27)30-4/h5-8,14H,9-13H2,1-4H3,(H,23,26)(H,24,29)/t14-,22-/m1/s1. The number of carbonyl (C=O) groups is 4. The fraction of sp³-hybridized carbons (Fsp3) is 0.545. The van der Waals surface area contributed by atoms with E-state index >= 15 is 0 Å². The van der Waals surface area contributed by atoms with Crippen molar-refractivity contribution in [3.05, 3.63) is 35.4 Å². The molecular weight excluding hydrogens is 386 g/mol. The number of carbonyl (C=O) groups excluding carboxylic acids is 4. The third-order valence-electron chi connectivity index (χ3n) is 5.79. The van der Waals surface area contributed by atoms with E-state index in [0.717, 1.165) is 16.9 Å². The first-order valence-corrected chi connectivity index (χ1v) is 10.1. The maximum Gasteiger partial charge on any atom is 0.337 e. The Morgan fingerprint density at radius 2 is 1.87 bits per heavy atom. The zero-order valence-electron chi connectivity index (χ0n) is 17.9. The Balaban J connectivity index is 1.59. The van der Waals surface area contributed by atoms with Crippen molar-refractivity contribution in [1.82, 2.24) is 15.5 Å². The van der Waals surface area contributed by atoms with Crippen molar-refractivity contribution in [2.75, 3.05) is 13.7 Å². The number of nitrogens with zero attached hydrogens (tertiary/aromatic N) is 1. The summed E-state index contributed by atoms with van der Waals surface area (Å²) < 4.78 is 4.65. The Kier molecular flexibility index (Phi) is 5.87. The maximum atomic E-state index is 13.1. The molecule has 2 atom stereocenters. The molecule has 8 heteroatoms. The van der Waals surface area contributed by atoms with Crippen LogP contribution in [0.15, 0.2) is 24.3 Å². The summed E-state index contributed by atoms with van der Waals surface area (Å²) in [6.45, 7) is 6.19. The number of rotatable bonds is 5. The number of methoxy groups -OCH3 is 1. The van der Waals surface area contributed by atoms with Gasteiger partial charge in [0.1, 0.15) is 12.1 Å². The summed E-state index contributed by atoms with van der Waals surface area (Å²) in [7, 11) is 1.31. The molecule has 4 amide bonds. The van der Waals surface area contributed by atoms with Crippen LogP contribution < -0.4 is 10.6 Å². The van der Waals surface area contributed by atoms with Gasteiger partial charge >= 0.3 is 12.0 Å². The van der Waals surface area contributed by atoms with Gasteiger partial charge in [-0.3, -0.25) is 14.5 Å². The topological polar surface area (TPSA) is 105 Å². The van der Waals surface area contributed by atoms with E-state index < -0.39 is 23.4 Å². The van der Waals surface area contributed by atoms with Crippen molar-refractivity contribution < 1.29 is 23.9 Å². The van der Waals surface area contributed by atoms with Gasteiger partial charge in [0, 0.05) is 6.54 Å². The summed E-state index contributed by atoms with van der Waals surface area (Å²) >= 11 is 0. The number of nitrogens with one attached hydrogen (secondary N) is 2. The van der Waals surface area contributed by atoms with Crippen LogP contribution in [0.3, 0.4) is 0 Å². The van der Waals surface area contributed by atoms with E-state index in [0.29, 0.717) is 24.3 Å². The van der Waals surface area contributed by atoms with E-state index in [-0.39, 0.29) is 24.4 Å². The smallest absolute Gasteiger partial charge is 0.337 e. The molecule has 0 bridgehead atoms. The minimum absolute atomic E-state index is 0.0603. The molecule has 162 valence electrons. The first kappa shape index (κ1) is 21.8. The van der Waals surface area contributed by atoms with Gasteiger partial charge in [0.05, 0.1) is 12.7 Å². The van der Waals surface area contributed by atoms with Gasteiger partial charge in [0.25, 0.3) is 5.91 Å². The predicted octanol–water partition coefficient (Wildman–Crippen LogP) is 2.23. The van der Waals surface area contributed by atoms with Crippen LogP contribution in [0.4, 0.5) is 4.79 Å². The summed E-state index contributed by atoms with van der Waals surface area (Å²) in [5, 5.41) is 5.59. The first-order chi connectivity index (χ1) is 14.0. The summed E-state index contributed by atoms with van der Waals surface area (Å²) in [6, 6.07) is 6.13. The lowest BCUT2D eigenvalue weighted by Gasteiger charge is -2.43. The lowest BCUT2D eigenvalue weighted by atomic mass is 9.64. The van der Waals surface area contributed by atoms with Gasteiger partial charge in [-0.25, -0.2) is 9.59 Å². The second-order valence-corrected chi connectivity index (χ2v) is 9.22. The summed E-state index contributed by atoms with van der Waals surface area (Å²) in [6.07, 6.45) is 2.15. The number of benzene rings is 1. The summed E-state index contributed by atoms with van der Waals surface area (Å²) in [5.74, 6) is -0.863. The minimum atomic E-state index is -0.914. The van der Waals surface area contributed by atoms with Crippen LogP contribution in [0.5, 0.6) is 0 Å². The van der Waals surface area contributed by atoms with E-state index in [1.807, 2.05) is 0 Å². The van der Waals surface area contributed by atoms with Crippen LogP contribution in [0.2, 0.25) is 0 Å². The molecule has 1 heterocycles. The molecule has 3 rings (SSSR count). The van der Waals surface area contributed by atoms with Crippen LogP contribution >= 0.6 is 0 Å². The molecule has 1 saturated heterocycles. The highest BCUT2D eigenvalue weighted by Gasteiger charge is 2.56. The minimum Gasteiger partial charge on any atom is -0.465 e. The normalized spacial score (nSPS) is 25.2. The Morgan fingerprint density at radius 3 is 2.47 bits per heavy atom. The van der Waals surface area contributed by atoms with Crippen molar-refractivity contribution >= 4 is 23.8 Å². The van der Waals surface area contributed by atoms with E-state index in [9.17, 15) is 19.2 Å². The van der Waals surface area contributed by atoms with Crippen molar-refractivity contribution in [3.8, 4) is 0 Å². The molecule has 30 heavy (non-hydrogen) atoms. The molecule has 1 aromatic carbocycles. The molecule has 0 radical (unpaired) electrons. The van der Waals surface area contributed by atoms with Crippen molar-refractivity contribution in [3.63, 3.8) is 0 Å². The number of ether oxygens (including phenoxy) is 1. The van der Waals surface area contributed by atoms with Crippen LogP contribution in [-0.2, 0) is 20.9 Å². The monoisotopic (exact) mass is 415 g/mol. The number of hydrogen-bond donors (Lipinski definition) is 2. The van der Waals surface area contributed by atoms with Crippen molar-refractivity contribution in [2.45, 2.75) is 52.1 Å². The summed E-state index contributed by atoms with van der Waals surface area (Å²) in [4.78, 5) is 50.4. The third-order valence-corrected chi connectivity index (χ3v) is 5.79. The SMILES string of the molecule is COC(=O)c1ccc(CNC(=O)CN2C(=O)N[C@@]3(C[C@H](C)CC(C)(C)C3)C2=O)cc1. The molecule has 2 fully saturated rings. The maximum absolute atomic E-state index is 13.1. The van der Waals surface area contributed by atoms with Gasteiger partial charge in [-0.1, -0.05) is 32.9 Å². The molecule has 2 N–H and O–H groups in total. The number of esters is 1. The molecule has 2 aliphatic rings. The molecule has 8 nitrogen and oxygen atoms in total. The average Bonchev–Trinajstić information content (AvgIpc) is 2.87. The largest absolute Gasteiger partial charge is 0.465 e. The second kappa shape index (κ2) is 8.08. The van der Waals surface area contributed by atoms with E-state index in [1.54, 1.807) is 24.3 Å². The van der Waals surface area contributed by atoms with Gasteiger partial charge in [-0.2, -0.15) is 0 Å². The van der Waals surface area contributed by atoms with Crippen LogP contribution in [0.25, 0.3) is 0 Å². The lowest BCUT2D eigenvalue weighted by Crippen LogP contribution is -2.54. The number of urea groups is 1. The zero-order valence-corrected chi connectivity index (χ0v) is 17.9. The fourth-order valence-corrected chi connectivity index (χ4v) is 4.93. The van der Waals surface area contributed by atoms with Gasteiger partial charge in [0.15, 0.2) is 0 Å². The fourth-order valence-electron chi connectivity index (χ4n) is 4.93. The number of amides is 4. The predicted molar refractivity (Wildman–Crippen MR) is 109 cm³/mol. The highest BCUT2D eigenvalue weighted by Crippen LogP contribution is 2.46. The lowest BCUT2D eigenvalue weighted by molar-refractivity contribution is -0.137. The highest BCUT2D eigenvalue weighted by molar-refractivity contribution is 6.09. The first-order valence-electron chi connectivity index (χ1n) is 10.1. The summed E-state index contributed by atoms with van der Waals surface area (Å²) in [5.41, 5.74) is 0.228. The average molecular weight is 415 g/mol. The molecule has 1 spiro atoms. The Labute approximate surface area is 176 Å².